The molecule has 1 aliphatic heterocycles. The third-order valence-electron chi connectivity index (χ3n) is 4.82. The number of urea groups is 1. The maximum Gasteiger partial charge on any atom is 0.338 e. The van der Waals surface area contributed by atoms with Gasteiger partial charge in [-0.05, 0) is 42.8 Å². The topological polar surface area (TPSA) is 112 Å². The molecular weight excluding hydrogens is 452 g/mol. The minimum absolute atomic E-state index is 0.117. The quantitative estimate of drug-likeness (QED) is 0.564. The van der Waals surface area contributed by atoms with Crippen LogP contribution in [0.25, 0.3) is 0 Å². The first-order valence-electron chi connectivity index (χ1n) is 10.00. The Bertz CT molecular complexity index is 1080. The van der Waals surface area contributed by atoms with Crippen LogP contribution in [0.2, 0.25) is 5.02 Å². The third kappa shape index (κ3) is 5.56. The summed E-state index contributed by atoms with van der Waals surface area (Å²) in [5.74, 6) is -0.515. The molecule has 0 aliphatic carbocycles. The minimum Gasteiger partial charge on any atom is -0.493 e. The Kier molecular flexibility index (Phi) is 7.78. The van der Waals surface area contributed by atoms with Gasteiger partial charge in [0.1, 0.15) is 6.61 Å². The van der Waals surface area contributed by atoms with E-state index < -0.39 is 24.0 Å². The predicted octanol–water partition coefficient (Wildman–Crippen LogP) is 3.39. The van der Waals surface area contributed by atoms with Crippen LogP contribution in [0.5, 0.6) is 11.5 Å². The fourth-order valence-electron chi connectivity index (χ4n) is 3.27. The maximum atomic E-state index is 12.8. The van der Waals surface area contributed by atoms with Crippen molar-refractivity contribution >= 4 is 29.6 Å². The fourth-order valence-corrected chi connectivity index (χ4v) is 3.40. The Morgan fingerprint density at radius 3 is 2.30 bits per heavy atom. The zero-order chi connectivity index (χ0) is 24.0. The summed E-state index contributed by atoms with van der Waals surface area (Å²) >= 11 is 5.96. The highest BCUT2D eigenvalue weighted by Gasteiger charge is 2.34. The van der Waals surface area contributed by atoms with Gasteiger partial charge in [-0.1, -0.05) is 23.7 Å². The number of hydrogen-bond donors (Lipinski definition) is 2. The van der Waals surface area contributed by atoms with Gasteiger partial charge in [-0.2, -0.15) is 0 Å². The first-order chi connectivity index (χ1) is 15.9. The minimum atomic E-state index is -0.815. The number of methoxy groups -OCH3 is 2. The molecule has 0 unspecified atom stereocenters. The number of benzene rings is 2. The van der Waals surface area contributed by atoms with E-state index in [2.05, 4.69) is 10.6 Å². The molecule has 0 fully saturated rings. The summed E-state index contributed by atoms with van der Waals surface area (Å²) in [6.07, 6.45) is 0. The van der Waals surface area contributed by atoms with Crippen molar-refractivity contribution in [3.8, 4) is 11.5 Å². The Balaban J connectivity index is 1.90. The molecular formula is C23H23ClN2O7. The molecule has 174 valence electrons. The maximum absolute atomic E-state index is 12.8. The van der Waals surface area contributed by atoms with Crippen molar-refractivity contribution in [3.05, 3.63) is 69.9 Å². The number of ether oxygens (including phenoxy) is 4. The summed E-state index contributed by atoms with van der Waals surface area (Å²) in [7, 11) is 2.93. The monoisotopic (exact) mass is 474 g/mol. The van der Waals surface area contributed by atoms with Crippen LogP contribution in [-0.4, -0.2) is 45.4 Å². The van der Waals surface area contributed by atoms with Crippen molar-refractivity contribution in [2.75, 3.05) is 27.4 Å². The largest absolute Gasteiger partial charge is 0.493 e. The molecule has 9 nitrogen and oxygen atoms in total. The number of carbonyl (C=O) groups is 3. The van der Waals surface area contributed by atoms with Gasteiger partial charge < -0.3 is 29.6 Å². The molecule has 33 heavy (non-hydrogen) atoms. The van der Waals surface area contributed by atoms with Crippen LogP contribution in [0.15, 0.2) is 53.7 Å². The molecule has 2 aromatic rings. The number of amides is 2. The number of nitrogens with one attached hydrogen (secondary N) is 2. The molecule has 2 amide bonds. The van der Waals surface area contributed by atoms with E-state index in [0.717, 1.165) is 0 Å². The highest BCUT2D eigenvalue weighted by atomic mass is 35.5. The van der Waals surface area contributed by atoms with Crippen LogP contribution >= 0.6 is 11.6 Å². The Hall–Kier alpha value is -3.72. The van der Waals surface area contributed by atoms with Crippen LogP contribution in [0.1, 0.15) is 28.9 Å². The number of rotatable bonds is 8. The van der Waals surface area contributed by atoms with Crippen LogP contribution in [-0.2, 0) is 14.3 Å². The molecule has 0 radical (unpaired) electrons. The second kappa shape index (κ2) is 10.7. The smallest absolute Gasteiger partial charge is 0.338 e. The Morgan fingerprint density at radius 2 is 1.67 bits per heavy atom. The van der Waals surface area contributed by atoms with E-state index in [1.165, 1.54) is 26.4 Å². The molecule has 2 aromatic carbocycles. The van der Waals surface area contributed by atoms with Crippen LogP contribution in [0.4, 0.5) is 4.79 Å². The van der Waals surface area contributed by atoms with Crippen molar-refractivity contribution in [3.63, 3.8) is 0 Å². The summed E-state index contributed by atoms with van der Waals surface area (Å²) in [4.78, 5) is 37.7. The van der Waals surface area contributed by atoms with Gasteiger partial charge in [0.25, 0.3) is 0 Å². The van der Waals surface area contributed by atoms with Crippen LogP contribution in [0.3, 0.4) is 0 Å². The van der Waals surface area contributed by atoms with E-state index in [1.54, 1.807) is 37.3 Å². The fraction of sp³-hybridized carbons (Fsp3) is 0.261. The number of hydrogen-bond acceptors (Lipinski definition) is 7. The van der Waals surface area contributed by atoms with Crippen LogP contribution in [0, 0.1) is 0 Å². The van der Waals surface area contributed by atoms with Gasteiger partial charge in [-0.25, -0.2) is 14.4 Å². The Morgan fingerprint density at radius 1 is 0.970 bits per heavy atom. The number of carbonyl (C=O) groups excluding carboxylic acids is 3. The molecule has 0 saturated carbocycles. The molecule has 2 N–H and O–H groups in total. The SMILES string of the molecule is CCOC(=O)C1=C(COC(=O)c2ccc(OC)c(OC)c2)NC(=O)N[C@@H]1c1ccc(Cl)cc1. The Labute approximate surface area is 195 Å². The first kappa shape index (κ1) is 23.9. The van der Waals surface area contributed by atoms with E-state index in [4.69, 9.17) is 30.5 Å². The molecule has 1 atom stereocenters. The average molecular weight is 475 g/mol. The van der Waals surface area contributed by atoms with E-state index >= 15 is 0 Å². The molecule has 0 spiro atoms. The lowest BCUT2D eigenvalue weighted by atomic mass is 9.95. The molecule has 1 heterocycles. The van der Waals surface area contributed by atoms with Gasteiger partial charge in [0.15, 0.2) is 11.5 Å². The normalized spacial score (nSPS) is 15.3. The zero-order valence-electron chi connectivity index (χ0n) is 18.3. The van der Waals surface area contributed by atoms with E-state index in [1.807, 2.05) is 0 Å². The third-order valence-corrected chi connectivity index (χ3v) is 5.07. The van der Waals surface area contributed by atoms with Crippen molar-refractivity contribution in [2.45, 2.75) is 13.0 Å². The summed E-state index contributed by atoms with van der Waals surface area (Å²) in [5.41, 5.74) is 1.06. The van der Waals surface area contributed by atoms with Gasteiger partial charge in [0.05, 0.1) is 43.7 Å². The lowest BCUT2D eigenvalue weighted by molar-refractivity contribution is -0.139. The lowest BCUT2D eigenvalue weighted by Gasteiger charge is -2.29. The number of esters is 2. The van der Waals surface area contributed by atoms with Gasteiger partial charge >= 0.3 is 18.0 Å². The highest BCUT2D eigenvalue weighted by Crippen LogP contribution is 2.30. The second-order valence-corrected chi connectivity index (χ2v) is 7.28. The van der Waals surface area contributed by atoms with Crippen LogP contribution < -0.4 is 20.1 Å². The molecule has 10 heteroatoms. The highest BCUT2D eigenvalue weighted by molar-refractivity contribution is 6.30. The first-order valence-corrected chi connectivity index (χ1v) is 10.4. The molecule has 0 saturated heterocycles. The summed E-state index contributed by atoms with van der Waals surface area (Å²) in [6, 6.07) is 9.85. The summed E-state index contributed by atoms with van der Waals surface area (Å²) in [6.45, 7) is 1.43. The summed E-state index contributed by atoms with van der Waals surface area (Å²) in [5, 5.41) is 5.75. The van der Waals surface area contributed by atoms with E-state index in [-0.39, 0.29) is 30.0 Å². The van der Waals surface area contributed by atoms with Gasteiger partial charge in [0.2, 0.25) is 0 Å². The number of halogens is 1. The lowest BCUT2D eigenvalue weighted by Crippen LogP contribution is -2.47. The van der Waals surface area contributed by atoms with Gasteiger partial charge in [-0.15, -0.1) is 0 Å². The van der Waals surface area contributed by atoms with Crippen molar-refractivity contribution in [1.29, 1.82) is 0 Å². The van der Waals surface area contributed by atoms with Crippen molar-refractivity contribution < 1.29 is 33.3 Å². The standard InChI is InChI=1S/C23H23ClN2O7/c1-4-32-22(28)19-16(25-23(29)26-20(19)13-5-8-15(24)9-6-13)12-33-21(27)14-7-10-17(30-2)18(11-14)31-3/h5-11,20H,4,12H2,1-3H3,(H2,25,26,29)/t20-/m1/s1. The van der Waals surface area contributed by atoms with Crippen molar-refractivity contribution in [2.24, 2.45) is 0 Å². The van der Waals surface area contributed by atoms with E-state index in [9.17, 15) is 14.4 Å². The van der Waals surface area contributed by atoms with E-state index in [0.29, 0.717) is 22.1 Å². The summed E-state index contributed by atoms with van der Waals surface area (Å²) < 4.78 is 20.9. The zero-order valence-corrected chi connectivity index (χ0v) is 19.0. The predicted molar refractivity (Wildman–Crippen MR) is 119 cm³/mol. The van der Waals surface area contributed by atoms with Gasteiger partial charge in [-0.3, -0.25) is 0 Å². The molecule has 3 rings (SSSR count). The average Bonchev–Trinajstić information content (AvgIpc) is 2.82. The molecule has 1 aliphatic rings. The van der Waals surface area contributed by atoms with Crippen molar-refractivity contribution in [1.82, 2.24) is 10.6 Å². The second-order valence-electron chi connectivity index (χ2n) is 6.84. The molecule has 0 aromatic heterocycles. The molecule has 0 bridgehead atoms. The van der Waals surface area contributed by atoms with Gasteiger partial charge in [0, 0.05) is 5.02 Å².